The molecule has 1 spiro atoms. The Bertz CT molecular complexity index is 3120. The van der Waals surface area contributed by atoms with Gasteiger partial charge in [0.05, 0.1) is 22.5 Å². The van der Waals surface area contributed by atoms with Gasteiger partial charge in [0.25, 0.3) is 0 Å². The fourth-order valence-corrected chi connectivity index (χ4v) is 10.1. The highest BCUT2D eigenvalue weighted by Gasteiger charge is 2.51. The average Bonchev–Trinajstić information content (AvgIpc) is 3.59. The molecule has 12 rings (SSSR count). The van der Waals surface area contributed by atoms with Crippen molar-refractivity contribution in [1.82, 2.24) is 9.97 Å². The Morgan fingerprint density at radius 3 is 1.52 bits per heavy atom. The number of fused-ring (bicyclic) bond motifs is 11. The second kappa shape index (κ2) is 12.7. The fraction of sp³-hybridized carbons (Fsp3) is 0.0182. The maximum absolute atomic E-state index is 5.21. The summed E-state index contributed by atoms with van der Waals surface area (Å²) in [4.78, 5) is 11.9. The Kier molecular flexibility index (Phi) is 7.14. The molecule has 1 aliphatic carbocycles. The Morgan fingerprint density at radius 2 is 0.897 bits per heavy atom. The first-order valence-electron chi connectivity index (χ1n) is 19.9. The lowest BCUT2D eigenvalue weighted by Crippen LogP contribution is -2.36. The number of hydrogen-bond donors (Lipinski definition) is 0. The summed E-state index contributed by atoms with van der Waals surface area (Å²) in [5.41, 5.74) is 17.5. The molecule has 2 aromatic heterocycles. The van der Waals surface area contributed by atoms with E-state index in [0.29, 0.717) is 0 Å². The topological polar surface area (TPSA) is 29.0 Å². The molecule has 3 heteroatoms. The number of benzene rings is 8. The minimum absolute atomic E-state index is 0.481. The minimum atomic E-state index is -0.481. The Morgan fingerprint density at radius 1 is 0.379 bits per heavy atom. The van der Waals surface area contributed by atoms with Gasteiger partial charge in [0.1, 0.15) is 0 Å². The van der Waals surface area contributed by atoms with Crippen LogP contribution >= 0.6 is 0 Å². The van der Waals surface area contributed by atoms with Crippen LogP contribution in [0.5, 0.6) is 0 Å². The molecule has 0 fully saturated rings. The van der Waals surface area contributed by atoms with Crippen LogP contribution in [0.25, 0.3) is 66.2 Å². The molecule has 10 aromatic rings. The lowest BCUT2D eigenvalue weighted by molar-refractivity contribution is 0.752. The number of para-hydroxylation sites is 3. The molecule has 0 amide bonds. The van der Waals surface area contributed by atoms with Crippen molar-refractivity contribution in [3.05, 3.63) is 235 Å². The van der Waals surface area contributed by atoms with Crippen molar-refractivity contribution in [2.75, 3.05) is 4.90 Å². The van der Waals surface area contributed by atoms with E-state index in [0.717, 1.165) is 28.1 Å². The molecule has 2 aliphatic rings. The van der Waals surface area contributed by atoms with Crippen LogP contribution < -0.4 is 4.90 Å². The van der Waals surface area contributed by atoms with Crippen LogP contribution in [0.15, 0.2) is 213 Å². The normalized spacial score (nSPS) is 13.3. The second-order valence-corrected chi connectivity index (χ2v) is 15.3. The number of anilines is 3. The summed E-state index contributed by atoms with van der Waals surface area (Å²) in [5.74, 6) is 0. The molecule has 0 N–H and O–H groups in total. The van der Waals surface area contributed by atoms with Crippen molar-refractivity contribution < 1.29 is 0 Å². The fourth-order valence-electron chi connectivity index (χ4n) is 10.1. The summed E-state index contributed by atoms with van der Waals surface area (Å²) in [6.45, 7) is 0. The largest absolute Gasteiger partial charge is 0.310 e. The van der Waals surface area contributed by atoms with Gasteiger partial charge >= 0.3 is 0 Å². The first kappa shape index (κ1) is 32.6. The molecular weight excluding hydrogens is 703 g/mol. The lowest BCUT2D eigenvalue weighted by Gasteiger charge is -2.45. The van der Waals surface area contributed by atoms with E-state index in [9.17, 15) is 0 Å². The van der Waals surface area contributed by atoms with Crippen LogP contribution in [0.1, 0.15) is 22.3 Å². The number of hydrogen-bond acceptors (Lipinski definition) is 3. The smallest absolute Gasteiger partial charge is 0.0754 e. The molecule has 3 nitrogen and oxygen atoms in total. The van der Waals surface area contributed by atoms with Gasteiger partial charge in [-0.2, -0.15) is 0 Å². The van der Waals surface area contributed by atoms with Crippen molar-refractivity contribution in [3.63, 3.8) is 0 Å². The third kappa shape index (κ3) is 4.56. The van der Waals surface area contributed by atoms with Crippen molar-refractivity contribution in [3.8, 4) is 44.6 Å². The zero-order valence-corrected chi connectivity index (χ0v) is 31.5. The molecule has 8 aromatic carbocycles. The summed E-state index contributed by atoms with van der Waals surface area (Å²) < 4.78 is 0. The van der Waals surface area contributed by atoms with Crippen molar-refractivity contribution >= 4 is 38.6 Å². The Hall–Kier alpha value is -7.62. The number of rotatable bonds is 4. The summed E-state index contributed by atoms with van der Waals surface area (Å²) in [5, 5.41) is 4.85. The van der Waals surface area contributed by atoms with E-state index >= 15 is 0 Å². The second-order valence-electron chi connectivity index (χ2n) is 15.3. The van der Waals surface area contributed by atoms with Gasteiger partial charge in [-0.1, -0.05) is 146 Å². The van der Waals surface area contributed by atoms with E-state index in [1.807, 2.05) is 12.4 Å². The van der Waals surface area contributed by atoms with Crippen LogP contribution in [-0.4, -0.2) is 9.97 Å². The maximum Gasteiger partial charge on any atom is 0.0754 e. The first-order valence-corrected chi connectivity index (χ1v) is 19.9. The third-order valence-electron chi connectivity index (χ3n) is 12.4. The van der Waals surface area contributed by atoms with E-state index < -0.39 is 5.41 Å². The van der Waals surface area contributed by atoms with Crippen LogP contribution in [0.2, 0.25) is 0 Å². The molecule has 0 saturated heterocycles. The summed E-state index contributed by atoms with van der Waals surface area (Å²) in [7, 11) is 0. The van der Waals surface area contributed by atoms with Crippen molar-refractivity contribution in [2.24, 2.45) is 0 Å². The molecule has 1 aliphatic heterocycles. The predicted molar refractivity (Wildman–Crippen MR) is 239 cm³/mol. The summed E-state index contributed by atoms with van der Waals surface area (Å²) >= 11 is 0. The van der Waals surface area contributed by atoms with Gasteiger partial charge in [-0.3, -0.25) is 9.97 Å². The molecule has 0 atom stereocenters. The highest BCUT2D eigenvalue weighted by molar-refractivity contribution is 6.21. The summed E-state index contributed by atoms with van der Waals surface area (Å²) in [6, 6.07) is 70.8. The molecule has 58 heavy (non-hydrogen) atoms. The number of aromatic nitrogens is 2. The van der Waals surface area contributed by atoms with Gasteiger partial charge in [-0.15, -0.1) is 0 Å². The number of pyridine rings is 2. The molecule has 0 saturated carbocycles. The van der Waals surface area contributed by atoms with E-state index in [-0.39, 0.29) is 0 Å². The maximum atomic E-state index is 5.21. The molecule has 270 valence electrons. The van der Waals surface area contributed by atoms with E-state index in [1.165, 1.54) is 77.4 Å². The van der Waals surface area contributed by atoms with Crippen LogP contribution in [0, 0.1) is 0 Å². The van der Waals surface area contributed by atoms with Gasteiger partial charge in [0, 0.05) is 35.4 Å². The van der Waals surface area contributed by atoms with Crippen LogP contribution in [0.4, 0.5) is 17.1 Å². The summed E-state index contributed by atoms with van der Waals surface area (Å²) in [6.07, 6.45) is 5.81. The Labute approximate surface area is 337 Å². The van der Waals surface area contributed by atoms with E-state index in [4.69, 9.17) is 4.98 Å². The zero-order chi connectivity index (χ0) is 38.2. The molecular formula is C55H35N3. The first-order chi connectivity index (χ1) is 28.8. The van der Waals surface area contributed by atoms with Gasteiger partial charge in [0.15, 0.2) is 0 Å². The van der Waals surface area contributed by atoms with E-state index in [1.54, 1.807) is 0 Å². The number of nitrogens with zero attached hydrogens (tertiary/aromatic N) is 3. The molecule has 3 heterocycles. The molecule has 0 unspecified atom stereocenters. The quantitative estimate of drug-likeness (QED) is 0.168. The van der Waals surface area contributed by atoms with E-state index in [2.05, 4.69) is 210 Å². The van der Waals surface area contributed by atoms with Gasteiger partial charge in [-0.25, -0.2) is 0 Å². The zero-order valence-electron chi connectivity index (χ0n) is 31.5. The predicted octanol–water partition coefficient (Wildman–Crippen LogP) is 13.9. The molecule has 0 radical (unpaired) electrons. The highest BCUT2D eigenvalue weighted by atomic mass is 15.2. The monoisotopic (exact) mass is 737 g/mol. The lowest BCUT2D eigenvalue weighted by atomic mass is 9.64. The average molecular weight is 738 g/mol. The van der Waals surface area contributed by atoms with Crippen molar-refractivity contribution in [1.29, 1.82) is 0 Å². The van der Waals surface area contributed by atoms with Gasteiger partial charge in [-0.05, 0) is 120 Å². The SMILES string of the molecule is c1ccc(N2c3ccccc3C3(c4ccccc4-c4cc(-c5ccc(-c6c7ccccc7c(-c7ccncc7)c7ccccc67)cn5)ccc43)c3ccccc32)cc1. The minimum Gasteiger partial charge on any atom is -0.310 e. The van der Waals surface area contributed by atoms with Crippen LogP contribution in [0.3, 0.4) is 0 Å². The highest BCUT2D eigenvalue weighted by Crippen LogP contribution is 2.63. The Balaban J connectivity index is 1.02. The standard InChI is InChI=1S/C55H35N3/c1-2-14-39(15-3-1)58-51-24-12-10-22-48(51)55(49-23-11-13-25-52(49)58)46-21-9-8-16-40(46)45-34-37(26-28-47(45)55)50-29-27-38(35-57-50)54-43-19-6-4-17-41(43)53(36-30-32-56-33-31-36)42-18-5-7-20-44(42)54/h1-35H. The third-order valence-corrected chi connectivity index (χ3v) is 12.4. The van der Waals surface area contributed by atoms with Crippen LogP contribution in [-0.2, 0) is 5.41 Å². The van der Waals surface area contributed by atoms with Gasteiger partial charge in [0.2, 0.25) is 0 Å². The van der Waals surface area contributed by atoms with Crippen molar-refractivity contribution in [2.45, 2.75) is 5.41 Å². The molecule has 0 bridgehead atoms. The van der Waals surface area contributed by atoms with Gasteiger partial charge < -0.3 is 4.90 Å².